The summed E-state index contributed by atoms with van der Waals surface area (Å²) >= 11 is 0. The molecule has 0 fully saturated rings. The fraction of sp³-hybridized carbons (Fsp3) is 0.667. The van der Waals surface area contributed by atoms with Crippen LogP contribution >= 0.6 is 0 Å². The molecule has 76 valence electrons. The van der Waals surface area contributed by atoms with Crippen molar-refractivity contribution in [2.45, 2.75) is 12.8 Å². The highest BCUT2D eigenvalue weighted by Gasteiger charge is 2.10. The van der Waals surface area contributed by atoms with E-state index in [1.807, 2.05) is 0 Å². The van der Waals surface area contributed by atoms with Crippen molar-refractivity contribution >= 4 is 5.91 Å². The third-order valence-electron chi connectivity index (χ3n) is 1.65. The summed E-state index contributed by atoms with van der Waals surface area (Å²) < 4.78 is 0. The van der Waals surface area contributed by atoms with E-state index in [1.165, 1.54) is 4.90 Å². The maximum absolute atomic E-state index is 11.3. The van der Waals surface area contributed by atoms with Gasteiger partial charge in [-0.1, -0.05) is 6.08 Å². The largest absolute Gasteiger partial charge is 0.395 e. The molecule has 2 N–H and O–H groups in total. The first-order valence-electron chi connectivity index (χ1n) is 4.36. The Hall–Kier alpha value is -0.870. The van der Waals surface area contributed by atoms with Crippen molar-refractivity contribution in [1.29, 1.82) is 0 Å². The Bertz CT molecular complexity index is 153. The molecule has 0 bridgehead atoms. The lowest BCUT2D eigenvalue weighted by molar-refractivity contribution is -0.132. The van der Waals surface area contributed by atoms with Crippen LogP contribution in [0.3, 0.4) is 0 Å². The van der Waals surface area contributed by atoms with Crippen LogP contribution in [0.2, 0.25) is 0 Å². The minimum Gasteiger partial charge on any atom is -0.395 e. The van der Waals surface area contributed by atoms with Crippen molar-refractivity contribution in [1.82, 2.24) is 4.90 Å². The van der Waals surface area contributed by atoms with E-state index in [-0.39, 0.29) is 32.2 Å². The molecular weight excluding hydrogens is 170 g/mol. The third kappa shape index (κ3) is 5.38. The van der Waals surface area contributed by atoms with Crippen molar-refractivity contribution in [3.8, 4) is 0 Å². The number of allylic oxidation sites excluding steroid dienone is 1. The number of carbonyl (C=O) groups is 1. The molecule has 0 heterocycles. The average Bonchev–Trinajstić information content (AvgIpc) is 2.14. The molecule has 0 aliphatic carbocycles. The number of aliphatic hydroxyl groups excluding tert-OH is 2. The van der Waals surface area contributed by atoms with Gasteiger partial charge >= 0.3 is 0 Å². The Morgan fingerprint density at radius 2 is 1.85 bits per heavy atom. The quantitative estimate of drug-likeness (QED) is 0.541. The molecule has 0 rings (SSSR count). The normalized spacial score (nSPS) is 9.69. The molecule has 0 saturated heterocycles. The Morgan fingerprint density at radius 1 is 1.31 bits per heavy atom. The van der Waals surface area contributed by atoms with Crippen LogP contribution in [0.15, 0.2) is 12.7 Å². The predicted octanol–water partition coefficient (Wildman–Crippen LogP) is -0.234. The highest BCUT2D eigenvalue weighted by molar-refractivity contribution is 5.76. The van der Waals surface area contributed by atoms with Gasteiger partial charge in [-0.25, -0.2) is 0 Å². The SMILES string of the molecule is C=CCCC(=O)N(CCO)CCO. The van der Waals surface area contributed by atoms with E-state index in [0.717, 1.165) is 0 Å². The van der Waals surface area contributed by atoms with Gasteiger partial charge in [0, 0.05) is 19.5 Å². The molecule has 1 amide bonds. The van der Waals surface area contributed by atoms with Crippen LogP contribution < -0.4 is 0 Å². The van der Waals surface area contributed by atoms with Crippen LogP contribution in [0.4, 0.5) is 0 Å². The molecule has 4 nitrogen and oxygen atoms in total. The van der Waals surface area contributed by atoms with E-state index in [0.29, 0.717) is 12.8 Å². The standard InChI is InChI=1S/C9H17NO3/c1-2-3-4-9(13)10(5-7-11)6-8-12/h2,11-12H,1,3-8H2. The Kier molecular flexibility index (Phi) is 7.24. The maximum atomic E-state index is 11.3. The molecule has 0 atom stereocenters. The molecule has 13 heavy (non-hydrogen) atoms. The minimum atomic E-state index is -0.0696. The van der Waals surface area contributed by atoms with Crippen molar-refractivity contribution in [3.63, 3.8) is 0 Å². The maximum Gasteiger partial charge on any atom is 0.223 e. The molecule has 0 radical (unpaired) electrons. The summed E-state index contributed by atoms with van der Waals surface area (Å²) in [5.41, 5.74) is 0. The number of carbonyl (C=O) groups excluding carboxylic acids is 1. The number of rotatable bonds is 7. The lowest BCUT2D eigenvalue weighted by Gasteiger charge is -2.20. The van der Waals surface area contributed by atoms with Crippen LogP contribution in [0.25, 0.3) is 0 Å². The first-order valence-corrected chi connectivity index (χ1v) is 4.36. The van der Waals surface area contributed by atoms with Gasteiger partial charge in [0.2, 0.25) is 5.91 Å². The molecule has 0 aliphatic heterocycles. The van der Waals surface area contributed by atoms with Crippen LogP contribution in [-0.2, 0) is 4.79 Å². The molecule has 0 aromatic rings. The zero-order valence-corrected chi connectivity index (χ0v) is 7.78. The highest BCUT2D eigenvalue weighted by atomic mass is 16.3. The fourth-order valence-corrected chi connectivity index (χ4v) is 0.986. The van der Waals surface area contributed by atoms with E-state index < -0.39 is 0 Å². The van der Waals surface area contributed by atoms with E-state index in [2.05, 4.69) is 6.58 Å². The van der Waals surface area contributed by atoms with Gasteiger partial charge < -0.3 is 15.1 Å². The summed E-state index contributed by atoms with van der Waals surface area (Å²) in [6.45, 7) is 3.95. The van der Waals surface area contributed by atoms with E-state index in [9.17, 15) is 4.79 Å². The molecule has 4 heteroatoms. The van der Waals surface area contributed by atoms with E-state index in [1.54, 1.807) is 6.08 Å². The Balaban J connectivity index is 3.86. The van der Waals surface area contributed by atoms with Gasteiger partial charge in [0.1, 0.15) is 0 Å². The van der Waals surface area contributed by atoms with Crippen LogP contribution in [0.5, 0.6) is 0 Å². The Morgan fingerprint density at radius 3 is 2.23 bits per heavy atom. The number of aliphatic hydroxyl groups is 2. The van der Waals surface area contributed by atoms with E-state index in [4.69, 9.17) is 10.2 Å². The van der Waals surface area contributed by atoms with Crippen LogP contribution in [0, 0.1) is 0 Å². The molecule has 0 aromatic carbocycles. The second kappa shape index (κ2) is 7.76. The number of hydrogen-bond acceptors (Lipinski definition) is 3. The molecule has 0 unspecified atom stereocenters. The highest BCUT2D eigenvalue weighted by Crippen LogP contribution is 1.97. The topological polar surface area (TPSA) is 60.8 Å². The van der Waals surface area contributed by atoms with Gasteiger partial charge in [-0.3, -0.25) is 4.79 Å². The summed E-state index contributed by atoms with van der Waals surface area (Å²) in [6.07, 6.45) is 2.70. The number of hydrogen-bond donors (Lipinski definition) is 2. The van der Waals surface area contributed by atoms with Crippen LogP contribution in [0.1, 0.15) is 12.8 Å². The summed E-state index contributed by atoms with van der Waals surface area (Å²) in [6, 6.07) is 0. The zero-order valence-electron chi connectivity index (χ0n) is 7.78. The zero-order chi connectivity index (χ0) is 10.1. The Labute approximate surface area is 78.5 Å². The monoisotopic (exact) mass is 187 g/mol. The van der Waals surface area contributed by atoms with Crippen molar-refractivity contribution in [3.05, 3.63) is 12.7 Å². The minimum absolute atomic E-state index is 0.0528. The van der Waals surface area contributed by atoms with Gasteiger partial charge in [0.25, 0.3) is 0 Å². The van der Waals surface area contributed by atoms with Crippen molar-refractivity contribution < 1.29 is 15.0 Å². The van der Waals surface area contributed by atoms with Gasteiger partial charge in [-0.05, 0) is 6.42 Å². The third-order valence-corrected chi connectivity index (χ3v) is 1.65. The van der Waals surface area contributed by atoms with E-state index >= 15 is 0 Å². The van der Waals surface area contributed by atoms with Crippen LogP contribution in [-0.4, -0.2) is 47.3 Å². The number of nitrogens with zero attached hydrogens (tertiary/aromatic N) is 1. The van der Waals surface area contributed by atoms with Crippen molar-refractivity contribution in [2.24, 2.45) is 0 Å². The van der Waals surface area contributed by atoms with Crippen molar-refractivity contribution in [2.75, 3.05) is 26.3 Å². The summed E-state index contributed by atoms with van der Waals surface area (Å²) in [5, 5.41) is 17.3. The second-order valence-corrected chi connectivity index (χ2v) is 2.66. The van der Waals surface area contributed by atoms with Gasteiger partial charge in [-0.15, -0.1) is 6.58 Å². The van der Waals surface area contributed by atoms with Gasteiger partial charge in [-0.2, -0.15) is 0 Å². The lowest BCUT2D eigenvalue weighted by atomic mass is 10.2. The fourth-order valence-electron chi connectivity index (χ4n) is 0.986. The second-order valence-electron chi connectivity index (χ2n) is 2.66. The first-order chi connectivity index (χ1) is 6.26. The average molecular weight is 187 g/mol. The van der Waals surface area contributed by atoms with Gasteiger partial charge in [0.15, 0.2) is 0 Å². The molecular formula is C9H17NO3. The molecule has 0 spiro atoms. The summed E-state index contributed by atoms with van der Waals surface area (Å²) in [4.78, 5) is 12.8. The summed E-state index contributed by atoms with van der Waals surface area (Å²) in [7, 11) is 0. The summed E-state index contributed by atoms with van der Waals surface area (Å²) in [5.74, 6) is -0.0528. The molecule has 0 aromatic heterocycles. The smallest absolute Gasteiger partial charge is 0.223 e. The number of amides is 1. The first kappa shape index (κ1) is 12.1. The molecule has 0 aliphatic rings. The van der Waals surface area contributed by atoms with Gasteiger partial charge in [0.05, 0.1) is 13.2 Å². The molecule has 0 saturated carbocycles. The lowest BCUT2D eigenvalue weighted by Crippen LogP contribution is -2.35. The predicted molar refractivity (Wildman–Crippen MR) is 50.2 cm³/mol.